The van der Waals surface area contributed by atoms with Crippen LogP contribution in [0.25, 0.3) is 0 Å². The number of hydrogen-bond donors (Lipinski definition) is 1. The summed E-state index contributed by atoms with van der Waals surface area (Å²) in [6, 6.07) is 7.81. The molecule has 1 aromatic rings. The maximum atomic E-state index is 5.40. The molecule has 2 aliphatic rings. The van der Waals surface area contributed by atoms with Gasteiger partial charge in [-0.15, -0.1) is 0 Å². The number of ether oxygens (including phenoxy) is 2. The average Bonchev–Trinajstić information content (AvgIpc) is 2.76. The molecule has 98 valence electrons. The lowest BCUT2D eigenvalue weighted by molar-refractivity contribution is 0.347. The number of fused-ring (bicyclic) bond motifs is 2. The van der Waals surface area contributed by atoms with Crippen LogP contribution in [0.5, 0.6) is 11.5 Å². The van der Waals surface area contributed by atoms with Gasteiger partial charge in [0.1, 0.15) is 0 Å². The first kappa shape index (κ1) is 11.8. The summed E-state index contributed by atoms with van der Waals surface area (Å²) in [7, 11) is 3.38. The highest BCUT2D eigenvalue weighted by Gasteiger charge is 2.34. The molecule has 0 radical (unpaired) electrons. The van der Waals surface area contributed by atoms with Crippen LogP contribution in [0.4, 0.5) is 0 Å². The lowest BCUT2D eigenvalue weighted by Crippen LogP contribution is -2.37. The predicted octanol–water partition coefficient (Wildman–Crippen LogP) is 2.70. The summed E-state index contributed by atoms with van der Waals surface area (Å²) < 4.78 is 10.7. The molecule has 0 aliphatic carbocycles. The molecule has 2 saturated heterocycles. The molecule has 0 aromatic heterocycles. The summed E-state index contributed by atoms with van der Waals surface area (Å²) >= 11 is 0. The average molecular weight is 247 g/mol. The highest BCUT2D eigenvalue weighted by atomic mass is 16.5. The van der Waals surface area contributed by atoms with E-state index in [1.807, 2.05) is 6.07 Å². The quantitative estimate of drug-likeness (QED) is 0.891. The third kappa shape index (κ3) is 2.07. The molecule has 1 unspecified atom stereocenters. The van der Waals surface area contributed by atoms with Crippen LogP contribution in [-0.4, -0.2) is 26.3 Å². The topological polar surface area (TPSA) is 30.5 Å². The van der Waals surface area contributed by atoms with Crippen LogP contribution in [0.15, 0.2) is 18.2 Å². The minimum absolute atomic E-state index is 0.670. The second-order valence-electron chi connectivity index (χ2n) is 5.42. The number of piperidine rings is 1. The van der Waals surface area contributed by atoms with E-state index < -0.39 is 0 Å². The van der Waals surface area contributed by atoms with E-state index in [-0.39, 0.29) is 0 Å². The minimum atomic E-state index is 0.670. The largest absolute Gasteiger partial charge is 0.493 e. The zero-order chi connectivity index (χ0) is 12.5. The molecule has 18 heavy (non-hydrogen) atoms. The van der Waals surface area contributed by atoms with Gasteiger partial charge in [-0.25, -0.2) is 0 Å². The van der Waals surface area contributed by atoms with Crippen molar-refractivity contribution < 1.29 is 9.47 Å². The van der Waals surface area contributed by atoms with Gasteiger partial charge in [0.15, 0.2) is 11.5 Å². The third-order valence-corrected chi connectivity index (χ3v) is 4.35. The highest BCUT2D eigenvalue weighted by Crippen LogP contribution is 2.39. The fraction of sp³-hybridized carbons (Fsp3) is 0.600. The van der Waals surface area contributed by atoms with Gasteiger partial charge in [0.2, 0.25) is 0 Å². The molecule has 2 fully saturated rings. The Labute approximate surface area is 108 Å². The van der Waals surface area contributed by atoms with Gasteiger partial charge in [0.25, 0.3) is 0 Å². The van der Waals surface area contributed by atoms with Crippen molar-refractivity contribution in [3.05, 3.63) is 23.8 Å². The van der Waals surface area contributed by atoms with E-state index in [1.54, 1.807) is 14.2 Å². The summed E-state index contributed by atoms with van der Waals surface area (Å²) in [5.41, 5.74) is 1.39. The van der Waals surface area contributed by atoms with Gasteiger partial charge in [0.05, 0.1) is 14.2 Å². The second-order valence-corrected chi connectivity index (χ2v) is 5.42. The van der Waals surface area contributed by atoms with Crippen LogP contribution in [0.2, 0.25) is 0 Å². The van der Waals surface area contributed by atoms with E-state index >= 15 is 0 Å². The lowest BCUT2D eigenvalue weighted by Gasteiger charge is -2.29. The van der Waals surface area contributed by atoms with Gasteiger partial charge >= 0.3 is 0 Å². The smallest absolute Gasteiger partial charge is 0.160 e. The van der Waals surface area contributed by atoms with Crippen molar-refractivity contribution in [2.75, 3.05) is 14.2 Å². The Balaban J connectivity index is 1.83. The molecular formula is C15H21NO2. The molecule has 0 saturated carbocycles. The van der Waals surface area contributed by atoms with E-state index in [4.69, 9.17) is 9.47 Å². The summed E-state index contributed by atoms with van der Waals surface area (Å²) in [6.45, 7) is 0. The van der Waals surface area contributed by atoms with Crippen LogP contribution >= 0.6 is 0 Å². The van der Waals surface area contributed by atoms with Crippen molar-refractivity contribution in [2.24, 2.45) is 0 Å². The van der Waals surface area contributed by atoms with Gasteiger partial charge in [-0.3, -0.25) is 0 Å². The summed E-state index contributed by atoms with van der Waals surface area (Å²) in [6.07, 6.45) is 5.20. The van der Waals surface area contributed by atoms with Gasteiger partial charge in [0, 0.05) is 12.1 Å². The van der Waals surface area contributed by atoms with Gasteiger partial charge in [-0.2, -0.15) is 0 Å². The van der Waals surface area contributed by atoms with Crippen LogP contribution in [0.1, 0.15) is 37.2 Å². The number of hydrogen-bond acceptors (Lipinski definition) is 3. The summed E-state index contributed by atoms with van der Waals surface area (Å²) in [5, 5.41) is 3.69. The van der Waals surface area contributed by atoms with Crippen molar-refractivity contribution in [3.63, 3.8) is 0 Å². The van der Waals surface area contributed by atoms with Gasteiger partial charge in [-0.05, 0) is 49.3 Å². The molecule has 0 spiro atoms. The van der Waals surface area contributed by atoms with E-state index in [9.17, 15) is 0 Å². The van der Waals surface area contributed by atoms with E-state index in [1.165, 1.54) is 31.2 Å². The number of benzene rings is 1. The summed E-state index contributed by atoms with van der Waals surface area (Å²) in [5.74, 6) is 2.34. The standard InChI is InChI=1S/C15H21NO2/c1-17-14-6-3-10(9-15(14)18-2)11-7-12-4-5-13(8-11)16-12/h3,6,9,11-13,16H,4-5,7-8H2,1-2H3/t11?,12-,13+. The molecule has 3 nitrogen and oxygen atoms in total. The van der Waals surface area contributed by atoms with Crippen LogP contribution in [0, 0.1) is 0 Å². The van der Waals surface area contributed by atoms with Gasteiger partial charge in [-0.1, -0.05) is 6.07 Å². The fourth-order valence-electron chi connectivity index (χ4n) is 3.44. The molecule has 2 bridgehead atoms. The molecule has 3 atom stereocenters. The Hall–Kier alpha value is -1.22. The normalized spacial score (nSPS) is 30.2. The Morgan fingerprint density at radius 3 is 2.28 bits per heavy atom. The van der Waals surface area contributed by atoms with Gasteiger partial charge < -0.3 is 14.8 Å². The number of nitrogens with one attached hydrogen (secondary N) is 1. The third-order valence-electron chi connectivity index (χ3n) is 4.35. The first-order chi connectivity index (χ1) is 8.80. The Bertz CT molecular complexity index is 421. The Morgan fingerprint density at radius 2 is 1.67 bits per heavy atom. The van der Waals surface area contributed by atoms with Crippen molar-refractivity contribution in [1.29, 1.82) is 0 Å². The monoisotopic (exact) mass is 247 g/mol. The Morgan fingerprint density at radius 1 is 1.00 bits per heavy atom. The van der Waals surface area contributed by atoms with Crippen LogP contribution < -0.4 is 14.8 Å². The predicted molar refractivity (Wildman–Crippen MR) is 71.5 cm³/mol. The van der Waals surface area contributed by atoms with Crippen LogP contribution in [-0.2, 0) is 0 Å². The second kappa shape index (κ2) is 4.81. The highest BCUT2D eigenvalue weighted by molar-refractivity contribution is 5.44. The zero-order valence-electron chi connectivity index (χ0n) is 11.1. The molecule has 2 aliphatic heterocycles. The molecule has 3 heteroatoms. The number of methoxy groups -OCH3 is 2. The van der Waals surface area contributed by atoms with Crippen molar-refractivity contribution in [3.8, 4) is 11.5 Å². The molecule has 2 heterocycles. The van der Waals surface area contributed by atoms with Crippen molar-refractivity contribution in [1.82, 2.24) is 5.32 Å². The molecule has 1 aromatic carbocycles. The summed E-state index contributed by atoms with van der Waals surface area (Å²) in [4.78, 5) is 0. The fourth-order valence-corrected chi connectivity index (χ4v) is 3.44. The van der Waals surface area contributed by atoms with E-state index in [0.717, 1.165) is 23.6 Å². The minimum Gasteiger partial charge on any atom is -0.493 e. The number of rotatable bonds is 3. The molecule has 0 amide bonds. The maximum absolute atomic E-state index is 5.40. The van der Waals surface area contributed by atoms with Crippen LogP contribution in [0.3, 0.4) is 0 Å². The van der Waals surface area contributed by atoms with E-state index in [0.29, 0.717) is 5.92 Å². The molecular weight excluding hydrogens is 226 g/mol. The first-order valence-electron chi connectivity index (χ1n) is 6.78. The molecule has 3 rings (SSSR count). The van der Waals surface area contributed by atoms with E-state index in [2.05, 4.69) is 17.4 Å². The van der Waals surface area contributed by atoms with Crippen molar-refractivity contribution in [2.45, 2.75) is 43.7 Å². The molecule has 1 N–H and O–H groups in total. The maximum Gasteiger partial charge on any atom is 0.160 e. The van der Waals surface area contributed by atoms with Crippen molar-refractivity contribution >= 4 is 0 Å². The zero-order valence-corrected chi connectivity index (χ0v) is 11.1. The first-order valence-corrected chi connectivity index (χ1v) is 6.78. The Kier molecular flexibility index (Phi) is 3.16. The SMILES string of the molecule is COc1ccc(C2C[C@H]3CC[C@@H](C2)N3)cc1OC. The lowest BCUT2D eigenvalue weighted by atomic mass is 9.86.